The minimum absolute atomic E-state index is 0.153. The van der Waals surface area contributed by atoms with Crippen molar-refractivity contribution in [1.29, 1.82) is 0 Å². The lowest BCUT2D eigenvalue weighted by Gasteiger charge is -2.24. The first-order valence-corrected chi connectivity index (χ1v) is 11.4. The molecule has 1 aromatic carbocycles. The van der Waals surface area contributed by atoms with Crippen LogP contribution in [-0.2, 0) is 9.53 Å². The van der Waals surface area contributed by atoms with Crippen LogP contribution in [0.1, 0.15) is 42.8 Å². The zero-order valence-electron chi connectivity index (χ0n) is 17.2. The number of nitrogens with zero attached hydrogens (tertiary/aromatic N) is 2. The van der Waals surface area contributed by atoms with E-state index in [-0.39, 0.29) is 11.7 Å². The SMILES string of the molecule is CC1=C(C(=O)OC(C)C)C(c2cccs2)n2c(s/c(=C/c3ccc(C)cc3)c2=O)=N1. The topological polar surface area (TPSA) is 60.7 Å². The van der Waals surface area contributed by atoms with Gasteiger partial charge in [-0.25, -0.2) is 9.79 Å². The van der Waals surface area contributed by atoms with Crippen LogP contribution in [0.2, 0.25) is 0 Å². The van der Waals surface area contributed by atoms with Crippen molar-refractivity contribution in [2.24, 2.45) is 4.99 Å². The first kappa shape index (κ1) is 20.5. The number of esters is 1. The van der Waals surface area contributed by atoms with Crippen molar-refractivity contribution < 1.29 is 9.53 Å². The van der Waals surface area contributed by atoms with Gasteiger partial charge in [0.05, 0.1) is 21.9 Å². The van der Waals surface area contributed by atoms with Gasteiger partial charge in [-0.1, -0.05) is 47.2 Å². The average Bonchev–Trinajstić information content (AvgIpc) is 3.31. The minimum atomic E-state index is -0.535. The molecule has 5 nitrogen and oxygen atoms in total. The van der Waals surface area contributed by atoms with Gasteiger partial charge >= 0.3 is 5.97 Å². The van der Waals surface area contributed by atoms with E-state index in [1.54, 1.807) is 11.5 Å². The number of fused-ring (bicyclic) bond motifs is 1. The lowest BCUT2D eigenvalue weighted by atomic mass is 10.0. The second kappa shape index (κ2) is 8.16. The van der Waals surface area contributed by atoms with E-state index in [0.717, 1.165) is 16.0 Å². The quantitative estimate of drug-likeness (QED) is 0.585. The van der Waals surface area contributed by atoms with Crippen LogP contribution >= 0.6 is 22.7 Å². The summed E-state index contributed by atoms with van der Waals surface area (Å²) in [5, 5.41) is 1.94. The van der Waals surface area contributed by atoms with Crippen LogP contribution in [0.4, 0.5) is 0 Å². The molecule has 1 aliphatic rings. The van der Waals surface area contributed by atoms with Gasteiger partial charge in [-0.2, -0.15) is 0 Å². The molecule has 0 fully saturated rings. The molecule has 1 atom stereocenters. The van der Waals surface area contributed by atoms with Crippen molar-refractivity contribution in [3.05, 3.63) is 88.7 Å². The summed E-state index contributed by atoms with van der Waals surface area (Å²) in [7, 11) is 0. The molecule has 4 rings (SSSR count). The highest BCUT2D eigenvalue weighted by atomic mass is 32.1. The third-order valence-corrected chi connectivity index (χ3v) is 6.68. The third kappa shape index (κ3) is 3.82. The van der Waals surface area contributed by atoms with E-state index >= 15 is 0 Å². The number of rotatable bonds is 4. The highest BCUT2D eigenvalue weighted by Gasteiger charge is 2.34. The monoisotopic (exact) mass is 438 g/mol. The van der Waals surface area contributed by atoms with Gasteiger partial charge in [0, 0.05) is 4.88 Å². The second-order valence-electron chi connectivity index (χ2n) is 7.46. The molecule has 0 N–H and O–H groups in total. The average molecular weight is 439 g/mol. The van der Waals surface area contributed by atoms with E-state index < -0.39 is 12.0 Å². The maximum Gasteiger partial charge on any atom is 0.338 e. The van der Waals surface area contributed by atoms with Gasteiger partial charge in [-0.3, -0.25) is 9.36 Å². The van der Waals surface area contributed by atoms with Crippen molar-refractivity contribution in [2.45, 2.75) is 39.8 Å². The number of carbonyl (C=O) groups excluding carboxylic acids is 1. The molecule has 0 saturated heterocycles. The molecule has 154 valence electrons. The Morgan fingerprint density at radius 1 is 1.20 bits per heavy atom. The standard InChI is InChI=1S/C23H22N2O3S2/c1-13(2)28-22(27)19-15(4)24-23-25(20(19)17-6-5-11-29-17)21(26)18(30-23)12-16-9-7-14(3)8-10-16/h5-13,20H,1-4H3/b18-12+. The summed E-state index contributed by atoms with van der Waals surface area (Å²) in [4.78, 5) is 32.4. The van der Waals surface area contributed by atoms with Crippen molar-refractivity contribution in [3.63, 3.8) is 0 Å². The number of benzene rings is 1. The summed E-state index contributed by atoms with van der Waals surface area (Å²) in [6, 6.07) is 11.3. The Bertz CT molecular complexity index is 1290. The van der Waals surface area contributed by atoms with Crippen molar-refractivity contribution in [1.82, 2.24) is 4.57 Å². The first-order chi connectivity index (χ1) is 14.3. The molecule has 1 aliphatic heterocycles. The van der Waals surface area contributed by atoms with E-state index in [1.807, 2.05) is 68.6 Å². The van der Waals surface area contributed by atoms with Crippen LogP contribution in [0.15, 0.2) is 62.8 Å². The number of ether oxygens (including phenoxy) is 1. The van der Waals surface area contributed by atoms with Crippen LogP contribution in [0.3, 0.4) is 0 Å². The maximum atomic E-state index is 13.4. The van der Waals surface area contributed by atoms with Crippen molar-refractivity contribution in [3.8, 4) is 0 Å². The zero-order chi connectivity index (χ0) is 21.4. The lowest BCUT2D eigenvalue weighted by Crippen LogP contribution is -2.39. The molecule has 0 aliphatic carbocycles. The molecular weight excluding hydrogens is 416 g/mol. The predicted molar refractivity (Wildman–Crippen MR) is 120 cm³/mol. The normalized spacial score (nSPS) is 16.6. The van der Waals surface area contributed by atoms with E-state index in [1.165, 1.54) is 22.7 Å². The van der Waals surface area contributed by atoms with E-state index in [9.17, 15) is 9.59 Å². The van der Waals surface area contributed by atoms with E-state index in [2.05, 4.69) is 4.99 Å². The molecule has 0 radical (unpaired) electrons. The van der Waals surface area contributed by atoms with Crippen molar-refractivity contribution >= 4 is 34.7 Å². The summed E-state index contributed by atoms with van der Waals surface area (Å²) < 4.78 is 7.70. The van der Waals surface area contributed by atoms with Gasteiger partial charge < -0.3 is 4.74 Å². The van der Waals surface area contributed by atoms with Crippen LogP contribution in [0.5, 0.6) is 0 Å². The molecule has 3 heterocycles. The molecule has 0 amide bonds. The number of carbonyl (C=O) groups is 1. The number of thiophene rings is 1. The van der Waals surface area contributed by atoms with Crippen LogP contribution in [0, 0.1) is 6.92 Å². The lowest BCUT2D eigenvalue weighted by molar-refractivity contribution is -0.143. The van der Waals surface area contributed by atoms with E-state index in [4.69, 9.17) is 4.74 Å². The highest BCUT2D eigenvalue weighted by molar-refractivity contribution is 7.10. The Hall–Kier alpha value is -2.77. The van der Waals surface area contributed by atoms with Crippen molar-refractivity contribution in [2.75, 3.05) is 0 Å². The fraction of sp³-hybridized carbons (Fsp3) is 0.261. The fourth-order valence-electron chi connectivity index (χ4n) is 3.39. The summed E-state index contributed by atoms with van der Waals surface area (Å²) in [6.45, 7) is 7.45. The summed E-state index contributed by atoms with van der Waals surface area (Å²) >= 11 is 2.85. The van der Waals surface area contributed by atoms with Crippen LogP contribution in [0.25, 0.3) is 6.08 Å². The molecule has 30 heavy (non-hydrogen) atoms. The van der Waals surface area contributed by atoms with Gasteiger partial charge in [0.2, 0.25) is 0 Å². The molecule has 7 heteroatoms. The fourth-order valence-corrected chi connectivity index (χ4v) is 5.26. The molecular formula is C23H22N2O3S2. The first-order valence-electron chi connectivity index (χ1n) is 9.68. The molecule has 3 aromatic rings. The van der Waals surface area contributed by atoms with Gasteiger partial charge in [-0.05, 0) is 50.8 Å². The van der Waals surface area contributed by atoms with Crippen LogP contribution < -0.4 is 14.9 Å². The minimum Gasteiger partial charge on any atom is -0.459 e. The maximum absolute atomic E-state index is 13.4. The summed E-state index contributed by atoms with van der Waals surface area (Å²) in [6.07, 6.45) is 1.62. The Balaban J connectivity index is 1.91. The Kier molecular flexibility index (Phi) is 5.58. The largest absolute Gasteiger partial charge is 0.459 e. The Morgan fingerprint density at radius 2 is 1.93 bits per heavy atom. The number of aryl methyl sites for hydroxylation is 1. The zero-order valence-corrected chi connectivity index (χ0v) is 18.8. The molecule has 0 saturated carbocycles. The molecule has 1 unspecified atom stereocenters. The smallest absolute Gasteiger partial charge is 0.338 e. The van der Waals surface area contributed by atoms with Gasteiger partial charge in [0.1, 0.15) is 6.04 Å². The number of aromatic nitrogens is 1. The molecule has 0 spiro atoms. The third-order valence-electron chi connectivity index (χ3n) is 4.77. The predicted octanol–water partition coefficient (Wildman–Crippen LogP) is 3.56. The number of hydrogen-bond donors (Lipinski definition) is 0. The number of thiazole rings is 1. The van der Waals surface area contributed by atoms with Gasteiger partial charge in [0.25, 0.3) is 5.56 Å². The summed E-state index contributed by atoms with van der Waals surface area (Å²) in [5.41, 5.74) is 2.96. The van der Waals surface area contributed by atoms with Gasteiger partial charge in [-0.15, -0.1) is 11.3 Å². The Morgan fingerprint density at radius 3 is 2.57 bits per heavy atom. The Labute approximate surface area is 182 Å². The van der Waals surface area contributed by atoms with Gasteiger partial charge in [0.15, 0.2) is 4.80 Å². The number of allylic oxidation sites excluding steroid dienone is 1. The summed E-state index contributed by atoms with van der Waals surface area (Å²) in [5.74, 6) is -0.433. The van der Waals surface area contributed by atoms with E-state index in [0.29, 0.717) is 20.6 Å². The molecule has 0 bridgehead atoms. The molecule has 2 aromatic heterocycles. The second-order valence-corrected chi connectivity index (χ2v) is 9.45. The number of hydrogen-bond acceptors (Lipinski definition) is 6. The van der Waals surface area contributed by atoms with Crippen LogP contribution in [-0.4, -0.2) is 16.6 Å². The highest BCUT2D eigenvalue weighted by Crippen LogP contribution is 2.33.